The smallest absolute Gasteiger partial charge is 0.350 e. The molecule has 94 valence electrons. The van der Waals surface area contributed by atoms with E-state index in [2.05, 4.69) is 26.2 Å². The van der Waals surface area contributed by atoms with E-state index in [0.29, 0.717) is 22.3 Å². The van der Waals surface area contributed by atoms with E-state index in [4.69, 9.17) is 4.74 Å². The summed E-state index contributed by atoms with van der Waals surface area (Å²) in [5.74, 6) is -0.607. The number of thiazole rings is 1. The second-order valence-corrected chi connectivity index (χ2v) is 5.63. The number of halogens is 1. The Labute approximate surface area is 112 Å². The lowest BCUT2D eigenvalue weighted by atomic mass is 10.4. The van der Waals surface area contributed by atoms with Gasteiger partial charge in [-0.2, -0.15) is 0 Å². The van der Waals surface area contributed by atoms with Crippen molar-refractivity contribution in [2.75, 3.05) is 11.9 Å². The Bertz CT molecular complexity index is 431. The fraction of sp³-hybridized carbons (Fsp3) is 0.500. The molecule has 0 saturated carbocycles. The Kier molecular flexibility index (Phi) is 5.07. The zero-order chi connectivity index (χ0) is 13.0. The molecule has 0 fully saturated rings. The number of aromatic nitrogens is 1. The minimum absolute atomic E-state index is 0.200. The van der Waals surface area contributed by atoms with E-state index in [0.717, 1.165) is 11.3 Å². The van der Waals surface area contributed by atoms with Gasteiger partial charge in [0.05, 0.1) is 17.1 Å². The standard InChI is InChI=1S/C10H13BrN2O3S/c1-4-16-9(15)7-6(3)12-10(17-7)13-8(14)5(2)11/h5H,4H2,1-3H3,(H,12,13,14). The zero-order valence-electron chi connectivity index (χ0n) is 9.74. The highest BCUT2D eigenvalue weighted by Gasteiger charge is 2.18. The first kappa shape index (κ1) is 14.1. The highest BCUT2D eigenvalue weighted by atomic mass is 79.9. The lowest BCUT2D eigenvalue weighted by molar-refractivity contribution is -0.115. The predicted octanol–water partition coefficient (Wildman–Crippen LogP) is 2.35. The molecule has 0 saturated heterocycles. The summed E-state index contributed by atoms with van der Waals surface area (Å²) in [6, 6.07) is 0. The topological polar surface area (TPSA) is 68.3 Å². The van der Waals surface area contributed by atoms with E-state index in [1.165, 1.54) is 0 Å². The van der Waals surface area contributed by atoms with E-state index in [1.54, 1.807) is 20.8 Å². The number of rotatable bonds is 4. The van der Waals surface area contributed by atoms with Crippen molar-refractivity contribution in [2.45, 2.75) is 25.6 Å². The van der Waals surface area contributed by atoms with Crippen LogP contribution in [0.3, 0.4) is 0 Å². The van der Waals surface area contributed by atoms with Gasteiger partial charge in [-0.15, -0.1) is 0 Å². The molecule has 0 aliphatic carbocycles. The number of alkyl halides is 1. The maximum atomic E-state index is 11.5. The molecule has 0 radical (unpaired) electrons. The summed E-state index contributed by atoms with van der Waals surface area (Å²) in [5, 5.41) is 3.02. The molecule has 7 heteroatoms. The fourth-order valence-corrected chi connectivity index (χ4v) is 2.02. The number of esters is 1. The summed E-state index contributed by atoms with van der Waals surface area (Å²) in [6.07, 6.45) is 0. The first-order valence-corrected chi connectivity index (χ1v) is 6.78. The molecule has 1 atom stereocenters. The molecule has 1 unspecified atom stereocenters. The van der Waals surface area contributed by atoms with E-state index in [-0.39, 0.29) is 10.7 Å². The van der Waals surface area contributed by atoms with Crippen molar-refractivity contribution >= 4 is 44.3 Å². The summed E-state index contributed by atoms with van der Waals surface area (Å²) in [7, 11) is 0. The predicted molar refractivity (Wildman–Crippen MR) is 69.8 cm³/mol. The van der Waals surface area contributed by atoms with Gasteiger partial charge in [-0.25, -0.2) is 9.78 Å². The average molecular weight is 321 g/mol. The fourth-order valence-electron chi connectivity index (χ4n) is 1.04. The van der Waals surface area contributed by atoms with Crippen molar-refractivity contribution in [3.8, 4) is 0 Å². The summed E-state index contributed by atoms with van der Waals surface area (Å²) in [5.41, 5.74) is 0.561. The van der Waals surface area contributed by atoms with Crippen LogP contribution in [0.15, 0.2) is 0 Å². The van der Waals surface area contributed by atoms with Crippen LogP contribution in [-0.4, -0.2) is 28.3 Å². The molecule has 5 nitrogen and oxygen atoms in total. The van der Waals surface area contributed by atoms with Gasteiger partial charge in [0, 0.05) is 0 Å². The number of nitrogens with one attached hydrogen (secondary N) is 1. The van der Waals surface area contributed by atoms with Gasteiger partial charge in [0.15, 0.2) is 5.13 Å². The third kappa shape index (κ3) is 3.78. The van der Waals surface area contributed by atoms with Crippen molar-refractivity contribution in [1.29, 1.82) is 0 Å². The average Bonchev–Trinajstić information content (AvgIpc) is 2.59. The van der Waals surface area contributed by atoms with Crippen molar-refractivity contribution in [2.24, 2.45) is 0 Å². The monoisotopic (exact) mass is 320 g/mol. The van der Waals surface area contributed by atoms with Crippen molar-refractivity contribution in [1.82, 2.24) is 4.98 Å². The largest absolute Gasteiger partial charge is 0.462 e. The van der Waals surface area contributed by atoms with Gasteiger partial charge < -0.3 is 10.1 Å². The summed E-state index contributed by atoms with van der Waals surface area (Å²) < 4.78 is 4.88. The number of carbonyl (C=O) groups excluding carboxylic acids is 2. The van der Waals surface area contributed by atoms with Crippen molar-refractivity contribution in [3.63, 3.8) is 0 Å². The number of nitrogens with zero attached hydrogens (tertiary/aromatic N) is 1. The summed E-state index contributed by atoms with van der Waals surface area (Å²) >= 11 is 4.26. The van der Waals surface area contributed by atoms with Crippen molar-refractivity contribution in [3.05, 3.63) is 10.6 Å². The Morgan fingerprint density at radius 1 is 1.59 bits per heavy atom. The van der Waals surface area contributed by atoms with Crippen LogP contribution in [-0.2, 0) is 9.53 Å². The highest BCUT2D eigenvalue weighted by Crippen LogP contribution is 2.23. The second kappa shape index (κ2) is 6.11. The van der Waals surface area contributed by atoms with Gasteiger partial charge in [0.25, 0.3) is 0 Å². The molecule has 1 rings (SSSR count). The molecule has 1 aromatic heterocycles. The van der Waals surface area contributed by atoms with Crippen LogP contribution in [0.25, 0.3) is 0 Å². The second-order valence-electron chi connectivity index (χ2n) is 3.26. The molecule has 1 aromatic rings. The summed E-state index contributed by atoms with van der Waals surface area (Å²) in [4.78, 5) is 27.2. The van der Waals surface area contributed by atoms with Crippen LogP contribution >= 0.6 is 27.3 Å². The van der Waals surface area contributed by atoms with Crippen LogP contribution < -0.4 is 5.32 Å². The highest BCUT2D eigenvalue weighted by molar-refractivity contribution is 9.10. The Balaban J connectivity index is 2.81. The molecule has 0 bridgehead atoms. The van der Waals surface area contributed by atoms with Crippen LogP contribution in [0.2, 0.25) is 0 Å². The molecule has 0 aliphatic heterocycles. The number of hydrogen-bond acceptors (Lipinski definition) is 5. The first-order valence-electron chi connectivity index (χ1n) is 5.05. The Morgan fingerprint density at radius 2 is 2.24 bits per heavy atom. The lowest BCUT2D eigenvalue weighted by Crippen LogP contribution is -2.19. The molecule has 0 aromatic carbocycles. The molecular weight excluding hydrogens is 308 g/mol. The Hall–Kier alpha value is -0.950. The molecule has 1 amide bonds. The van der Waals surface area contributed by atoms with Gasteiger partial charge in [0.1, 0.15) is 4.88 Å². The lowest BCUT2D eigenvalue weighted by Gasteiger charge is -2.01. The van der Waals surface area contributed by atoms with Gasteiger partial charge in [-0.1, -0.05) is 27.3 Å². The molecule has 17 heavy (non-hydrogen) atoms. The van der Waals surface area contributed by atoms with E-state index in [1.807, 2.05) is 0 Å². The normalized spacial score (nSPS) is 12.0. The molecule has 1 heterocycles. The number of ether oxygens (including phenoxy) is 1. The van der Waals surface area contributed by atoms with Crippen molar-refractivity contribution < 1.29 is 14.3 Å². The number of amides is 1. The zero-order valence-corrected chi connectivity index (χ0v) is 12.1. The van der Waals surface area contributed by atoms with Gasteiger partial charge in [-0.05, 0) is 20.8 Å². The van der Waals surface area contributed by atoms with Crippen LogP contribution in [0.5, 0.6) is 0 Å². The number of carbonyl (C=O) groups is 2. The quantitative estimate of drug-likeness (QED) is 0.683. The summed E-state index contributed by atoms with van der Waals surface area (Å²) in [6.45, 7) is 5.47. The van der Waals surface area contributed by atoms with E-state index < -0.39 is 5.97 Å². The third-order valence-electron chi connectivity index (χ3n) is 1.85. The number of anilines is 1. The van der Waals surface area contributed by atoms with E-state index in [9.17, 15) is 9.59 Å². The number of hydrogen-bond donors (Lipinski definition) is 1. The van der Waals surface area contributed by atoms with Gasteiger partial charge in [0.2, 0.25) is 5.91 Å². The van der Waals surface area contributed by atoms with Crippen LogP contribution in [0, 0.1) is 6.92 Å². The maximum Gasteiger partial charge on any atom is 0.350 e. The minimum Gasteiger partial charge on any atom is -0.462 e. The maximum absolute atomic E-state index is 11.5. The van der Waals surface area contributed by atoms with Crippen LogP contribution in [0.1, 0.15) is 29.2 Å². The SMILES string of the molecule is CCOC(=O)c1sc(NC(=O)C(C)Br)nc1C. The van der Waals surface area contributed by atoms with E-state index >= 15 is 0 Å². The molecule has 0 aliphatic rings. The third-order valence-corrected chi connectivity index (χ3v) is 3.32. The van der Waals surface area contributed by atoms with Gasteiger partial charge >= 0.3 is 5.97 Å². The van der Waals surface area contributed by atoms with Gasteiger partial charge in [-0.3, -0.25) is 4.79 Å². The molecule has 1 N–H and O–H groups in total. The first-order chi connectivity index (χ1) is 7.95. The van der Waals surface area contributed by atoms with Crippen LogP contribution in [0.4, 0.5) is 5.13 Å². The number of aryl methyl sites for hydroxylation is 1. The Morgan fingerprint density at radius 3 is 2.76 bits per heavy atom. The molecular formula is C10H13BrN2O3S. The molecule has 0 spiro atoms. The minimum atomic E-state index is -0.408.